The molecule has 4 nitrogen and oxygen atoms in total. The first kappa shape index (κ1) is 18.7. The Kier molecular flexibility index (Phi) is 4.12. The van der Waals surface area contributed by atoms with Crippen molar-refractivity contribution < 1.29 is 23.9 Å². The van der Waals surface area contributed by atoms with Crippen LogP contribution in [0.1, 0.15) is 40.0 Å². The molecule has 1 N–H and O–H groups in total. The molecule has 2 unspecified atom stereocenters. The predicted octanol–water partition coefficient (Wildman–Crippen LogP) is 2.84. The molecule has 4 aliphatic rings. The van der Waals surface area contributed by atoms with Crippen LogP contribution in [0, 0.1) is 40.4 Å². The molecule has 8 atom stereocenters. The van der Waals surface area contributed by atoms with Crippen LogP contribution in [0.3, 0.4) is 0 Å². The lowest BCUT2D eigenvalue weighted by atomic mass is 9.47. The number of allylic oxidation sites excluding steroid dienone is 4. The minimum absolute atomic E-state index is 0.0582. The van der Waals surface area contributed by atoms with Gasteiger partial charge in [0.25, 0.3) is 0 Å². The van der Waals surface area contributed by atoms with E-state index in [0.29, 0.717) is 5.57 Å². The minimum Gasteiger partial charge on any atom is -0.389 e. The number of fused-ring (bicyclic) bond motifs is 5. The molecule has 146 valence electrons. The van der Waals surface area contributed by atoms with Crippen molar-refractivity contribution in [3.63, 3.8) is 0 Å². The van der Waals surface area contributed by atoms with Gasteiger partial charge in [-0.2, -0.15) is 0 Å². The molecule has 0 amide bonds. The highest BCUT2D eigenvalue weighted by Crippen LogP contribution is 2.66. The van der Waals surface area contributed by atoms with E-state index < -0.39 is 23.6 Å². The quantitative estimate of drug-likeness (QED) is 0.807. The summed E-state index contributed by atoms with van der Waals surface area (Å²) in [5, 5.41) is 9.44. The van der Waals surface area contributed by atoms with Crippen molar-refractivity contribution >= 4 is 17.3 Å². The van der Waals surface area contributed by atoms with E-state index in [0.717, 1.165) is 6.42 Å². The molecule has 4 aliphatic carbocycles. The highest BCUT2D eigenvalue weighted by molar-refractivity contribution is 6.02. The van der Waals surface area contributed by atoms with Crippen LogP contribution in [0.4, 0.5) is 4.39 Å². The lowest BCUT2D eigenvalue weighted by Crippen LogP contribution is -2.57. The largest absolute Gasteiger partial charge is 0.389 e. The maximum Gasteiger partial charge on any atom is 0.178 e. The Balaban J connectivity index is 1.79. The fraction of sp³-hybridized carbons (Fsp3) is 0.682. The summed E-state index contributed by atoms with van der Waals surface area (Å²) in [5.41, 5.74) is -0.859. The van der Waals surface area contributed by atoms with Crippen LogP contribution < -0.4 is 0 Å². The molecular formula is C22H27FO4. The highest BCUT2D eigenvalue weighted by Gasteiger charge is 2.65. The molecule has 27 heavy (non-hydrogen) atoms. The second-order valence-corrected chi connectivity index (χ2v) is 9.53. The number of hydrogen-bond acceptors (Lipinski definition) is 4. The van der Waals surface area contributed by atoms with Crippen LogP contribution in [-0.2, 0) is 14.4 Å². The molecule has 3 saturated carbocycles. The summed E-state index contributed by atoms with van der Waals surface area (Å²) >= 11 is 0. The van der Waals surface area contributed by atoms with Crippen molar-refractivity contribution in [3.05, 3.63) is 23.8 Å². The SMILES string of the molecule is CC1C[C@H]2[C@@H]3CC(F)C4=CC(=O)C=C[C@]4(C)[C@H]3C(=O)C[C@]2(C)[C@H]1C(=O)CO. The van der Waals surface area contributed by atoms with Crippen LogP contribution in [0.5, 0.6) is 0 Å². The maximum absolute atomic E-state index is 15.2. The lowest BCUT2D eigenvalue weighted by Gasteiger charge is -2.56. The third kappa shape index (κ3) is 2.40. The zero-order valence-corrected chi connectivity index (χ0v) is 16.1. The van der Waals surface area contributed by atoms with Crippen molar-refractivity contribution in [2.24, 2.45) is 40.4 Å². The molecule has 0 aromatic heterocycles. The van der Waals surface area contributed by atoms with Crippen LogP contribution in [0.15, 0.2) is 23.8 Å². The third-order valence-corrected chi connectivity index (χ3v) is 8.08. The standard InChI is InChI=1S/C22H27FO4/c1-11-6-14-13-8-16(23)15-7-12(25)4-5-21(15,2)20(13)17(26)9-22(14,3)19(11)18(27)10-24/h4-5,7,11,13-14,16,19-20,24H,6,8-10H2,1-3H3/t11?,13-,14-,16?,19+,20+,21-,22-/m0/s1. The first-order chi connectivity index (χ1) is 12.6. The predicted molar refractivity (Wildman–Crippen MR) is 97.4 cm³/mol. The van der Waals surface area contributed by atoms with Gasteiger partial charge in [-0.25, -0.2) is 4.39 Å². The summed E-state index contributed by atoms with van der Waals surface area (Å²) in [6, 6.07) is 0. The third-order valence-electron chi connectivity index (χ3n) is 8.08. The van der Waals surface area contributed by atoms with E-state index in [1.165, 1.54) is 12.2 Å². The number of hydrogen-bond donors (Lipinski definition) is 1. The topological polar surface area (TPSA) is 71.4 Å². The van der Waals surface area contributed by atoms with Gasteiger partial charge in [-0.15, -0.1) is 0 Å². The van der Waals surface area contributed by atoms with Gasteiger partial charge in [-0.3, -0.25) is 14.4 Å². The number of alkyl halides is 1. The number of aliphatic hydroxyl groups is 1. The first-order valence-corrected chi connectivity index (χ1v) is 9.89. The zero-order valence-electron chi connectivity index (χ0n) is 16.1. The molecular weight excluding hydrogens is 347 g/mol. The summed E-state index contributed by atoms with van der Waals surface area (Å²) in [4.78, 5) is 37.6. The van der Waals surface area contributed by atoms with Gasteiger partial charge in [0.1, 0.15) is 18.6 Å². The average molecular weight is 374 g/mol. The van der Waals surface area contributed by atoms with Gasteiger partial charge in [0.15, 0.2) is 11.6 Å². The van der Waals surface area contributed by atoms with Gasteiger partial charge >= 0.3 is 0 Å². The van der Waals surface area contributed by atoms with Crippen molar-refractivity contribution in [2.45, 2.75) is 46.2 Å². The molecule has 0 radical (unpaired) electrons. The molecule has 0 aromatic carbocycles. The summed E-state index contributed by atoms with van der Waals surface area (Å²) in [7, 11) is 0. The summed E-state index contributed by atoms with van der Waals surface area (Å²) in [6.45, 7) is 5.35. The second kappa shape index (κ2) is 5.94. The van der Waals surface area contributed by atoms with Gasteiger partial charge in [0.05, 0.1) is 0 Å². The molecule has 0 aromatic rings. The van der Waals surface area contributed by atoms with Crippen LogP contribution in [-0.4, -0.2) is 35.2 Å². The van der Waals surface area contributed by atoms with Crippen molar-refractivity contribution in [2.75, 3.05) is 6.61 Å². The molecule has 0 aliphatic heterocycles. The van der Waals surface area contributed by atoms with Gasteiger partial charge in [-0.1, -0.05) is 26.8 Å². The van der Waals surface area contributed by atoms with Crippen LogP contribution in [0.25, 0.3) is 0 Å². The Morgan fingerprint density at radius 3 is 2.67 bits per heavy atom. The number of carbonyl (C=O) groups excluding carboxylic acids is 3. The number of rotatable bonds is 2. The van der Waals surface area contributed by atoms with Gasteiger partial charge in [0.2, 0.25) is 0 Å². The monoisotopic (exact) mass is 374 g/mol. The molecule has 0 saturated heterocycles. The second-order valence-electron chi connectivity index (χ2n) is 9.53. The van der Waals surface area contributed by atoms with Crippen molar-refractivity contribution in [3.8, 4) is 0 Å². The van der Waals surface area contributed by atoms with E-state index in [1.807, 2.05) is 20.8 Å². The molecule has 3 fully saturated rings. The summed E-state index contributed by atoms with van der Waals surface area (Å²) < 4.78 is 15.2. The Morgan fingerprint density at radius 1 is 1.30 bits per heavy atom. The average Bonchev–Trinajstić information content (AvgIpc) is 2.85. The van der Waals surface area contributed by atoms with E-state index in [9.17, 15) is 19.5 Å². The van der Waals surface area contributed by atoms with E-state index in [-0.39, 0.29) is 59.8 Å². The number of halogens is 1. The highest BCUT2D eigenvalue weighted by atomic mass is 19.1. The molecule has 5 heteroatoms. The summed E-state index contributed by atoms with van der Waals surface area (Å²) in [5.74, 6) is -1.10. The Labute approximate surface area is 158 Å². The first-order valence-electron chi connectivity index (χ1n) is 9.89. The fourth-order valence-corrected chi connectivity index (χ4v) is 7.20. The fourth-order valence-electron chi connectivity index (χ4n) is 7.20. The molecule has 0 bridgehead atoms. The molecule has 0 heterocycles. The maximum atomic E-state index is 15.2. The Hall–Kier alpha value is -1.62. The molecule has 4 rings (SSSR count). The Morgan fingerprint density at radius 2 is 2.00 bits per heavy atom. The van der Waals surface area contributed by atoms with Gasteiger partial charge in [-0.05, 0) is 53.7 Å². The Bertz CT molecular complexity index is 783. The number of Topliss-reactive ketones (excluding diaryl/α,β-unsaturated/α-hetero) is 2. The number of aliphatic hydroxyl groups excluding tert-OH is 1. The van der Waals surface area contributed by atoms with Gasteiger partial charge < -0.3 is 5.11 Å². The van der Waals surface area contributed by atoms with Crippen molar-refractivity contribution in [1.82, 2.24) is 0 Å². The van der Waals surface area contributed by atoms with E-state index in [1.54, 1.807) is 6.08 Å². The summed E-state index contributed by atoms with van der Waals surface area (Å²) in [6.07, 6.45) is 4.58. The van der Waals surface area contributed by atoms with E-state index >= 15 is 4.39 Å². The smallest absolute Gasteiger partial charge is 0.178 e. The number of ketones is 3. The normalized spacial score (nSPS) is 48.6. The lowest BCUT2D eigenvalue weighted by molar-refractivity contribution is -0.147. The van der Waals surface area contributed by atoms with Gasteiger partial charge in [0, 0.05) is 23.7 Å². The number of carbonyl (C=O) groups is 3. The molecule has 0 spiro atoms. The van der Waals surface area contributed by atoms with Crippen LogP contribution in [0.2, 0.25) is 0 Å². The van der Waals surface area contributed by atoms with E-state index in [2.05, 4.69) is 0 Å². The zero-order chi connectivity index (χ0) is 19.7. The van der Waals surface area contributed by atoms with E-state index in [4.69, 9.17) is 0 Å². The van der Waals surface area contributed by atoms with Crippen molar-refractivity contribution in [1.29, 1.82) is 0 Å². The minimum atomic E-state index is -1.25. The van der Waals surface area contributed by atoms with Crippen LogP contribution >= 0.6 is 0 Å².